The monoisotopic (exact) mass is 532 g/mol. The first-order valence-corrected chi connectivity index (χ1v) is 13.1. The van der Waals surface area contributed by atoms with Gasteiger partial charge in [0.15, 0.2) is 5.69 Å². The molecule has 2 N–H and O–H groups in total. The lowest BCUT2D eigenvalue weighted by molar-refractivity contribution is -0.139. The minimum atomic E-state index is -0.795. The highest BCUT2D eigenvalue weighted by Crippen LogP contribution is 2.28. The minimum Gasteiger partial charge on any atom is -0.463 e. The van der Waals surface area contributed by atoms with E-state index in [4.69, 9.17) is 9.47 Å². The lowest BCUT2D eigenvalue weighted by atomic mass is 9.95. The second-order valence-corrected chi connectivity index (χ2v) is 9.11. The molecule has 2 amide bonds. The molecule has 0 fully saturated rings. The van der Waals surface area contributed by atoms with Crippen LogP contribution >= 0.6 is 0 Å². The van der Waals surface area contributed by atoms with Crippen molar-refractivity contribution in [3.8, 4) is 0 Å². The molecule has 10 heteroatoms. The Hall–Kier alpha value is -4.47. The van der Waals surface area contributed by atoms with Crippen molar-refractivity contribution in [1.82, 2.24) is 20.4 Å². The van der Waals surface area contributed by atoms with Crippen molar-refractivity contribution in [2.24, 2.45) is 0 Å². The molecule has 1 aliphatic heterocycles. The molecule has 2 heterocycles. The molecular weight excluding hydrogens is 500 g/mol. The molecule has 10 nitrogen and oxygen atoms in total. The van der Waals surface area contributed by atoms with E-state index in [1.54, 1.807) is 55.5 Å². The van der Waals surface area contributed by atoms with Crippen LogP contribution in [0.4, 0.5) is 4.79 Å². The predicted octanol–water partition coefficient (Wildman–Crippen LogP) is 4.00. The number of carbonyl (C=O) groups is 3. The van der Waals surface area contributed by atoms with Crippen molar-refractivity contribution >= 4 is 28.7 Å². The summed E-state index contributed by atoms with van der Waals surface area (Å²) in [6, 6.07) is 14.3. The highest BCUT2D eigenvalue weighted by molar-refractivity contribution is 6.02. The molecule has 1 aliphatic rings. The van der Waals surface area contributed by atoms with Gasteiger partial charge < -0.3 is 20.1 Å². The number of rotatable bonds is 11. The number of aromatic nitrogens is 2. The fourth-order valence-corrected chi connectivity index (χ4v) is 4.51. The number of carbonyl (C=O) groups excluding carboxylic acids is 3. The first kappa shape index (κ1) is 27.6. The quantitative estimate of drug-likeness (QED) is 0.282. The molecule has 4 rings (SSSR count). The third-order valence-corrected chi connectivity index (χ3v) is 6.41. The van der Waals surface area contributed by atoms with Gasteiger partial charge in [0.25, 0.3) is 5.56 Å². The van der Waals surface area contributed by atoms with E-state index in [0.717, 1.165) is 25.7 Å². The van der Waals surface area contributed by atoms with E-state index in [1.165, 1.54) is 4.68 Å². The van der Waals surface area contributed by atoms with Gasteiger partial charge in [-0.25, -0.2) is 19.1 Å². The van der Waals surface area contributed by atoms with Crippen LogP contribution in [0.1, 0.15) is 61.6 Å². The van der Waals surface area contributed by atoms with Gasteiger partial charge in [0.05, 0.1) is 29.3 Å². The Morgan fingerprint density at radius 2 is 1.62 bits per heavy atom. The number of ether oxygens (including phenoxy) is 2. The van der Waals surface area contributed by atoms with Crippen LogP contribution in [0, 0.1) is 0 Å². The number of nitrogens with one attached hydrogen (secondary N) is 2. The summed E-state index contributed by atoms with van der Waals surface area (Å²) in [5, 5.41) is 10.4. The lowest BCUT2D eigenvalue weighted by Crippen LogP contribution is -2.47. The predicted molar refractivity (Wildman–Crippen MR) is 145 cm³/mol. The maximum atomic E-state index is 13.3. The summed E-state index contributed by atoms with van der Waals surface area (Å²) in [5.74, 6) is -1.43. The Kier molecular flexibility index (Phi) is 9.09. The van der Waals surface area contributed by atoms with Crippen LogP contribution < -0.4 is 16.2 Å². The molecule has 3 aromatic rings. The number of nitrogens with zero attached hydrogens (tertiary/aromatic N) is 2. The largest absolute Gasteiger partial charge is 0.463 e. The minimum absolute atomic E-state index is 0.0150. The molecule has 1 aromatic heterocycles. The van der Waals surface area contributed by atoms with E-state index >= 15 is 0 Å². The number of hydrogen-bond acceptors (Lipinski definition) is 7. The van der Waals surface area contributed by atoms with Gasteiger partial charge in [-0.1, -0.05) is 74.7 Å². The number of amides is 2. The van der Waals surface area contributed by atoms with Gasteiger partial charge in [-0.15, -0.1) is 0 Å². The van der Waals surface area contributed by atoms with Gasteiger partial charge in [-0.2, -0.15) is 5.10 Å². The van der Waals surface area contributed by atoms with Crippen molar-refractivity contribution in [2.45, 2.75) is 52.1 Å². The van der Waals surface area contributed by atoms with Gasteiger partial charge in [-0.05, 0) is 25.0 Å². The zero-order chi connectivity index (χ0) is 27.8. The maximum absolute atomic E-state index is 13.3. The number of benzene rings is 2. The van der Waals surface area contributed by atoms with Crippen molar-refractivity contribution in [1.29, 1.82) is 0 Å². The fraction of sp³-hybridized carbons (Fsp3) is 0.345. The summed E-state index contributed by atoms with van der Waals surface area (Å²) in [7, 11) is 0. The molecule has 0 saturated carbocycles. The van der Waals surface area contributed by atoms with E-state index in [-0.39, 0.29) is 29.1 Å². The average Bonchev–Trinajstić information content (AvgIpc) is 2.95. The molecule has 39 heavy (non-hydrogen) atoms. The van der Waals surface area contributed by atoms with Crippen LogP contribution in [0.5, 0.6) is 0 Å². The SMILES string of the molecule is CCCCCCn1nc(C(=O)OCC2=C(C(=O)OCC)[C@H](c3ccccc3)NC(=O)N2)c2ccccc2c1=O. The van der Waals surface area contributed by atoms with Crippen LogP contribution in [0.3, 0.4) is 0 Å². The highest BCUT2D eigenvalue weighted by Gasteiger charge is 2.34. The van der Waals surface area contributed by atoms with Crippen molar-refractivity contribution < 1.29 is 23.9 Å². The highest BCUT2D eigenvalue weighted by atomic mass is 16.5. The zero-order valence-electron chi connectivity index (χ0n) is 22.1. The van der Waals surface area contributed by atoms with Crippen LogP contribution in [-0.4, -0.2) is 41.0 Å². The second-order valence-electron chi connectivity index (χ2n) is 9.11. The van der Waals surface area contributed by atoms with Crippen molar-refractivity contribution in [3.05, 3.63) is 87.5 Å². The number of hydrogen-bond donors (Lipinski definition) is 2. The van der Waals surface area contributed by atoms with Crippen molar-refractivity contribution in [2.75, 3.05) is 13.2 Å². The normalized spacial score (nSPS) is 15.0. The van der Waals surface area contributed by atoms with Gasteiger partial charge in [-0.3, -0.25) is 4.79 Å². The smallest absolute Gasteiger partial charge is 0.359 e. The summed E-state index contributed by atoms with van der Waals surface area (Å²) in [6.07, 6.45) is 3.79. The first-order chi connectivity index (χ1) is 18.9. The van der Waals surface area contributed by atoms with Crippen LogP contribution in [-0.2, 0) is 20.8 Å². The molecule has 0 bridgehead atoms. The fourth-order valence-electron chi connectivity index (χ4n) is 4.51. The Bertz CT molecular complexity index is 1450. The number of unbranched alkanes of at least 4 members (excludes halogenated alkanes) is 3. The Balaban J connectivity index is 1.66. The Morgan fingerprint density at radius 3 is 2.33 bits per heavy atom. The standard InChI is InChI=1S/C29H32N4O6/c1-3-5-6-12-17-33-26(34)21-16-11-10-15-20(21)25(32-33)28(36)39-18-22-23(27(35)38-4-2)24(31-29(37)30-22)19-13-8-7-9-14-19/h7-11,13-16,24H,3-6,12,17-18H2,1-2H3,(H2,30,31,37)/t24-/m0/s1. The Labute approximate surface area is 226 Å². The summed E-state index contributed by atoms with van der Waals surface area (Å²) in [6.45, 7) is 3.88. The maximum Gasteiger partial charge on any atom is 0.359 e. The second kappa shape index (κ2) is 12.9. The number of urea groups is 1. The van der Waals surface area contributed by atoms with Gasteiger partial charge in [0.2, 0.25) is 0 Å². The molecule has 0 unspecified atom stereocenters. The molecule has 0 saturated heterocycles. The Morgan fingerprint density at radius 1 is 0.897 bits per heavy atom. The number of fused-ring (bicyclic) bond motifs is 1. The average molecular weight is 533 g/mol. The van der Waals surface area contributed by atoms with E-state index in [2.05, 4.69) is 22.7 Å². The van der Waals surface area contributed by atoms with E-state index in [9.17, 15) is 19.2 Å². The molecule has 2 aromatic carbocycles. The van der Waals surface area contributed by atoms with Gasteiger partial charge in [0, 0.05) is 11.9 Å². The third-order valence-electron chi connectivity index (χ3n) is 6.41. The first-order valence-electron chi connectivity index (χ1n) is 13.1. The summed E-state index contributed by atoms with van der Waals surface area (Å²) < 4.78 is 12.1. The molecule has 204 valence electrons. The molecule has 0 aliphatic carbocycles. The van der Waals surface area contributed by atoms with Gasteiger partial charge in [0.1, 0.15) is 6.61 Å². The van der Waals surface area contributed by atoms with E-state index in [1.807, 2.05) is 6.07 Å². The summed E-state index contributed by atoms with van der Waals surface area (Å²) in [4.78, 5) is 51.8. The van der Waals surface area contributed by atoms with Crippen LogP contribution in [0.15, 0.2) is 70.7 Å². The molecule has 0 spiro atoms. The van der Waals surface area contributed by atoms with Crippen molar-refractivity contribution in [3.63, 3.8) is 0 Å². The van der Waals surface area contributed by atoms with E-state index < -0.39 is 30.6 Å². The summed E-state index contributed by atoms with van der Waals surface area (Å²) >= 11 is 0. The number of aryl methyl sites for hydroxylation is 1. The molecular formula is C29H32N4O6. The summed E-state index contributed by atoms with van der Waals surface area (Å²) in [5.41, 5.74) is 0.619. The zero-order valence-corrected chi connectivity index (χ0v) is 22.1. The molecule has 0 radical (unpaired) electrons. The van der Waals surface area contributed by atoms with Crippen LogP contribution in [0.25, 0.3) is 10.8 Å². The van der Waals surface area contributed by atoms with Gasteiger partial charge >= 0.3 is 18.0 Å². The third kappa shape index (κ3) is 6.34. The topological polar surface area (TPSA) is 129 Å². The lowest BCUT2D eigenvalue weighted by Gasteiger charge is -2.29. The molecule has 1 atom stereocenters. The van der Waals surface area contributed by atoms with E-state index in [0.29, 0.717) is 22.9 Å². The number of esters is 2. The van der Waals surface area contributed by atoms with Crippen LogP contribution in [0.2, 0.25) is 0 Å².